The lowest BCUT2D eigenvalue weighted by Gasteiger charge is -2.17. The lowest BCUT2D eigenvalue weighted by molar-refractivity contribution is -0.123. The average molecular weight is 281 g/mol. The predicted octanol–water partition coefficient (Wildman–Crippen LogP) is 2.57. The Hall–Kier alpha value is -0.480. The van der Waals surface area contributed by atoms with E-state index >= 15 is 0 Å². The van der Waals surface area contributed by atoms with Gasteiger partial charge in [-0.15, -0.1) is 0 Å². The first-order chi connectivity index (χ1) is 7.48. The summed E-state index contributed by atoms with van der Waals surface area (Å²) in [4.78, 5) is 11.5. The molecule has 0 unspecified atom stereocenters. The molecule has 0 radical (unpaired) electrons. The third-order valence-corrected chi connectivity index (χ3v) is 2.78. The van der Waals surface area contributed by atoms with Gasteiger partial charge in [-0.25, -0.2) is 0 Å². The molecule has 1 aliphatic rings. The van der Waals surface area contributed by atoms with Crippen molar-refractivity contribution < 1.29 is 9.53 Å². The smallest absolute Gasteiger partial charge is 0.255 e. The number of ether oxygens (including phenoxy) is 1. The van der Waals surface area contributed by atoms with E-state index in [1.165, 1.54) is 0 Å². The van der Waals surface area contributed by atoms with Gasteiger partial charge in [0.15, 0.2) is 12.3 Å². The Morgan fingerprint density at radius 2 is 1.81 bits per heavy atom. The SMILES string of the molecule is O=C1N[C@@H](c2ccccc2)O[C@@H]1C(Cl)(Cl)Cl. The molecule has 0 aromatic heterocycles. The van der Waals surface area contributed by atoms with E-state index < -0.39 is 22.0 Å². The summed E-state index contributed by atoms with van der Waals surface area (Å²) in [6, 6.07) is 9.20. The molecule has 1 fully saturated rings. The summed E-state index contributed by atoms with van der Waals surface area (Å²) in [6.07, 6.45) is -1.64. The highest BCUT2D eigenvalue weighted by Gasteiger charge is 2.46. The molecule has 1 heterocycles. The Kier molecular flexibility index (Phi) is 3.31. The minimum absolute atomic E-state index is 0.422. The number of amides is 1. The molecule has 1 aromatic rings. The Morgan fingerprint density at radius 1 is 1.19 bits per heavy atom. The van der Waals surface area contributed by atoms with Crippen molar-refractivity contribution in [3.05, 3.63) is 35.9 Å². The molecular weight excluding hydrogens is 272 g/mol. The molecule has 1 amide bonds. The fourth-order valence-electron chi connectivity index (χ4n) is 1.45. The van der Waals surface area contributed by atoms with E-state index in [-0.39, 0.29) is 0 Å². The number of hydrogen-bond donors (Lipinski definition) is 1. The van der Waals surface area contributed by atoms with Gasteiger partial charge in [0.1, 0.15) is 0 Å². The summed E-state index contributed by atoms with van der Waals surface area (Å²) >= 11 is 16.9. The summed E-state index contributed by atoms with van der Waals surface area (Å²) in [5, 5.41) is 2.61. The van der Waals surface area contributed by atoms with Crippen LogP contribution in [0.5, 0.6) is 0 Å². The van der Waals surface area contributed by atoms with Crippen LogP contribution in [0.3, 0.4) is 0 Å². The van der Waals surface area contributed by atoms with Crippen molar-refractivity contribution in [1.82, 2.24) is 5.32 Å². The summed E-state index contributed by atoms with van der Waals surface area (Å²) in [6.45, 7) is 0. The molecule has 6 heteroatoms. The van der Waals surface area contributed by atoms with E-state index in [4.69, 9.17) is 39.5 Å². The van der Waals surface area contributed by atoms with Crippen LogP contribution in [0.2, 0.25) is 0 Å². The zero-order chi connectivity index (χ0) is 11.8. The van der Waals surface area contributed by atoms with E-state index in [0.717, 1.165) is 5.56 Å². The highest BCUT2D eigenvalue weighted by molar-refractivity contribution is 6.68. The highest BCUT2D eigenvalue weighted by Crippen LogP contribution is 2.37. The van der Waals surface area contributed by atoms with Crippen molar-refractivity contribution in [1.29, 1.82) is 0 Å². The van der Waals surface area contributed by atoms with Crippen LogP contribution in [0.15, 0.2) is 30.3 Å². The summed E-state index contributed by atoms with van der Waals surface area (Å²) in [7, 11) is 0. The molecule has 0 spiro atoms. The first-order valence-corrected chi connectivity index (χ1v) is 5.69. The first-order valence-electron chi connectivity index (χ1n) is 4.56. The fraction of sp³-hybridized carbons (Fsp3) is 0.300. The van der Waals surface area contributed by atoms with Gasteiger partial charge in [0.2, 0.25) is 3.79 Å². The van der Waals surface area contributed by atoms with Crippen molar-refractivity contribution in [2.45, 2.75) is 16.1 Å². The van der Waals surface area contributed by atoms with Crippen LogP contribution in [0.4, 0.5) is 0 Å². The molecule has 1 N–H and O–H groups in total. The number of rotatable bonds is 1. The first kappa shape index (κ1) is 12.0. The summed E-state index contributed by atoms with van der Waals surface area (Å²) < 4.78 is 3.61. The van der Waals surface area contributed by atoms with Crippen LogP contribution >= 0.6 is 34.8 Å². The molecule has 1 aliphatic heterocycles. The maximum Gasteiger partial charge on any atom is 0.255 e. The number of nitrogens with one attached hydrogen (secondary N) is 1. The number of hydrogen-bond acceptors (Lipinski definition) is 2. The molecule has 0 bridgehead atoms. The van der Waals surface area contributed by atoms with E-state index in [2.05, 4.69) is 5.32 Å². The lowest BCUT2D eigenvalue weighted by Crippen LogP contribution is -2.34. The van der Waals surface area contributed by atoms with Crippen molar-refractivity contribution in [3.8, 4) is 0 Å². The molecular formula is C10H8Cl3NO2. The third-order valence-electron chi connectivity index (χ3n) is 2.18. The zero-order valence-electron chi connectivity index (χ0n) is 7.99. The number of benzene rings is 1. The normalized spacial score (nSPS) is 25.6. The van der Waals surface area contributed by atoms with Gasteiger partial charge in [-0.05, 0) is 0 Å². The van der Waals surface area contributed by atoms with Gasteiger partial charge in [-0.3, -0.25) is 4.79 Å². The van der Waals surface area contributed by atoms with Crippen LogP contribution < -0.4 is 5.32 Å². The molecule has 16 heavy (non-hydrogen) atoms. The number of carbonyl (C=O) groups excluding carboxylic acids is 1. The van der Waals surface area contributed by atoms with Crippen LogP contribution in [0.1, 0.15) is 11.8 Å². The van der Waals surface area contributed by atoms with Crippen LogP contribution in [0, 0.1) is 0 Å². The molecule has 0 aliphatic carbocycles. The maximum atomic E-state index is 11.5. The number of carbonyl (C=O) groups is 1. The minimum Gasteiger partial charge on any atom is -0.337 e. The summed E-state index contributed by atoms with van der Waals surface area (Å²) in [5.74, 6) is -0.422. The van der Waals surface area contributed by atoms with E-state index in [1.54, 1.807) is 0 Å². The largest absolute Gasteiger partial charge is 0.337 e. The van der Waals surface area contributed by atoms with Crippen LogP contribution in [0.25, 0.3) is 0 Å². The van der Waals surface area contributed by atoms with Crippen LogP contribution in [-0.2, 0) is 9.53 Å². The van der Waals surface area contributed by atoms with Gasteiger partial charge < -0.3 is 10.1 Å². The third kappa shape index (κ3) is 2.43. The second kappa shape index (κ2) is 4.41. The van der Waals surface area contributed by atoms with Crippen molar-refractivity contribution in [2.24, 2.45) is 0 Å². The molecule has 2 atom stereocenters. The minimum atomic E-state index is -1.76. The number of alkyl halides is 3. The topological polar surface area (TPSA) is 38.3 Å². The fourth-order valence-corrected chi connectivity index (χ4v) is 1.90. The average Bonchev–Trinajstić information content (AvgIpc) is 2.61. The monoisotopic (exact) mass is 279 g/mol. The predicted molar refractivity (Wildman–Crippen MR) is 62.5 cm³/mol. The van der Waals surface area contributed by atoms with Gasteiger partial charge in [-0.2, -0.15) is 0 Å². The Balaban J connectivity index is 2.16. The second-order valence-corrected chi connectivity index (χ2v) is 5.73. The van der Waals surface area contributed by atoms with Gasteiger partial charge >= 0.3 is 0 Å². The Labute approximate surface area is 108 Å². The van der Waals surface area contributed by atoms with Gasteiger partial charge in [0.25, 0.3) is 5.91 Å². The lowest BCUT2D eigenvalue weighted by atomic mass is 10.2. The van der Waals surface area contributed by atoms with Crippen molar-refractivity contribution >= 4 is 40.7 Å². The Morgan fingerprint density at radius 3 is 2.31 bits per heavy atom. The zero-order valence-corrected chi connectivity index (χ0v) is 10.3. The van der Waals surface area contributed by atoms with Gasteiger partial charge in [0, 0.05) is 5.56 Å². The quantitative estimate of drug-likeness (QED) is 0.803. The van der Waals surface area contributed by atoms with Gasteiger partial charge in [-0.1, -0.05) is 65.1 Å². The van der Waals surface area contributed by atoms with Crippen LogP contribution in [-0.4, -0.2) is 15.8 Å². The molecule has 3 nitrogen and oxygen atoms in total. The van der Waals surface area contributed by atoms with E-state index in [1.807, 2.05) is 30.3 Å². The highest BCUT2D eigenvalue weighted by atomic mass is 35.6. The standard InChI is InChI=1S/C10H8Cl3NO2/c11-10(12,13)7-8(15)14-9(16-7)6-4-2-1-3-5-6/h1-5,7,9H,(H,14,15)/t7-,9+/m0/s1. The summed E-state index contributed by atoms with van der Waals surface area (Å²) in [5.41, 5.74) is 0.813. The number of halogens is 3. The second-order valence-electron chi connectivity index (χ2n) is 3.36. The molecule has 1 aromatic carbocycles. The maximum absolute atomic E-state index is 11.5. The van der Waals surface area contributed by atoms with E-state index in [0.29, 0.717) is 0 Å². The van der Waals surface area contributed by atoms with E-state index in [9.17, 15) is 4.79 Å². The van der Waals surface area contributed by atoms with Gasteiger partial charge in [0.05, 0.1) is 0 Å². The molecule has 0 saturated carbocycles. The molecule has 2 rings (SSSR count). The molecule has 1 saturated heterocycles. The van der Waals surface area contributed by atoms with Crippen molar-refractivity contribution in [3.63, 3.8) is 0 Å². The van der Waals surface area contributed by atoms with Crippen molar-refractivity contribution in [2.75, 3.05) is 0 Å². The Bertz CT molecular complexity index is 391. The molecule has 86 valence electrons.